The third kappa shape index (κ3) is 5.64. The highest BCUT2D eigenvalue weighted by Crippen LogP contribution is 2.35. The standard InChI is InChI=1S/C24H23ClF4N6O2S/c1-34-7-5-17(15(26)11-34)31-16-3-2-4-18-14(16)9-19(35(18)12-24(27,28)29)22-32-20(37-33-22)10-30-23(36)13-6-8-38-21(13)25/h2-4,6,8-9,15,17,31H,5,7,10-12H2,1H3,(H,30,36)/t15-,17+/m0/s1. The number of anilines is 1. The summed E-state index contributed by atoms with van der Waals surface area (Å²) >= 11 is 7.19. The van der Waals surface area contributed by atoms with Crippen LogP contribution in [0.15, 0.2) is 40.2 Å². The van der Waals surface area contributed by atoms with Crippen LogP contribution in [0.25, 0.3) is 22.4 Å². The minimum absolute atomic E-state index is 0.00784. The number of likely N-dealkylation sites (tertiary alicyclic amines) is 1. The molecule has 0 unspecified atom stereocenters. The monoisotopic (exact) mass is 570 g/mol. The minimum Gasteiger partial charge on any atom is -0.379 e. The first kappa shape index (κ1) is 26.4. The van der Waals surface area contributed by atoms with Gasteiger partial charge in [-0.05, 0) is 43.1 Å². The van der Waals surface area contributed by atoms with Gasteiger partial charge in [0.05, 0.1) is 29.4 Å². The van der Waals surface area contributed by atoms with Crippen LogP contribution in [0.1, 0.15) is 22.7 Å². The maximum atomic E-state index is 14.7. The number of hydrogen-bond acceptors (Lipinski definition) is 7. The van der Waals surface area contributed by atoms with Crippen molar-refractivity contribution < 1.29 is 26.9 Å². The summed E-state index contributed by atoms with van der Waals surface area (Å²) in [5.74, 6) is -0.511. The lowest BCUT2D eigenvalue weighted by Gasteiger charge is -2.33. The highest BCUT2D eigenvalue weighted by molar-refractivity contribution is 7.14. The Labute approximate surface area is 223 Å². The number of nitrogens with one attached hydrogen (secondary N) is 2. The minimum atomic E-state index is -4.53. The molecule has 5 rings (SSSR count). The number of nitrogens with zero attached hydrogens (tertiary/aromatic N) is 4. The van der Waals surface area contributed by atoms with Crippen molar-refractivity contribution in [3.05, 3.63) is 51.5 Å². The summed E-state index contributed by atoms with van der Waals surface area (Å²) in [4.78, 5) is 18.4. The summed E-state index contributed by atoms with van der Waals surface area (Å²) in [5.41, 5.74) is 1.18. The Morgan fingerprint density at radius 2 is 2.13 bits per heavy atom. The van der Waals surface area contributed by atoms with E-state index in [1.165, 1.54) is 17.4 Å². The van der Waals surface area contributed by atoms with E-state index >= 15 is 0 Å². The van der Waals surface area contributed by atoms with Crippen molar-refractivity contribution >= 4 is 45.4 Å². The summed E-state index contributed by atoms with van der Waals surface area (Å²) in [7, 11) is 1.84. The third-order valence-electron chi connectivity index (χ3n) is 6.33. The molecule has 0 saturated carbocycles. The number of amides is 1. The lowest BCUT2D eigenvalue weighted by Crippen LogP contribution is -2.46. The summed E-state index contributed by atoms with van der Waals surface area (Å²) in [6.45, 7) is -0.450. The summed E-state index contributed by atoms with van der Waals surface area (Å²) in [6.07, 6.45) is -5.09. The number of carbonyl (C=O) groups is 1. The van der Waals surface area contributed by atoms with Crippen LogP contribution in [-0.4, -0.2) is 64.0 Å². The van der Waals surface area contributed by atoms with Gasteiger partial charge < -0.3 is 24.6 Å². The second-order valence-electron chi connectivity index (χ2n) is 9.09. The fraction of sp³-hybridized carbons (Fsp3) is 0.375. The summed E-state index contributed by atoms with van der Waals surface area (Å²) in [6, 6.07) is 7.52. The van der Waals surface area contributed by atoms with Crippen LogP contribution in [0.5, 0.6) is 0 Å². The first-order valence-corrected chi connectivity index (χ1v) is 13.0. The number of rotatable bonds is 7. The maximum Gasteiger partial charge on any atom is 0.406 e. The van der Waals surface area contributed by atoms with Crippen LogP contribution < -0.4 is 10.6 Å². The summed E-state index contributed by atoms with van der Waals surface area (Å²) < 4.78 is 62.0. The van der Waals surface area contributed by atoms with Crippen LogP contribution >= 0.6 is 22.9 Å². The van der Waals surface area contributed by atoms with E-state index in [1.807, 2.05) is 11.9 Å². The Kier molecular flexibility index (Phi) is 7.34. The SMILES string of the molecule is CN1CC[C@@H](Nc2cccc3c2cc(-c2noc(CNC(=O)c4ccsc4Cl)n2)n3CC(F)(F)F)[C@@H](F)C1. The Hall–Kier alpha value is -3.16. The van der Waals surface area contributed by atoms with Gasteiger partial charge in [0, 0.05) is 24.2 Å². The molecule has 2 N–H and O–H groups in total. The molecule has 0 bridgehead atoms. The van der Waals surface area contributed by atoms with Crippen LogP contribution in [-0.2, 0) is 13.1 Å². The van der Waals surface area contributed by atoms with Crippen LogP contribution in [0, 0.1) is 0 Å². The molecule has 1 aliphatic heterocycles. The number of thiophene rings is 1. The molecule has 1 saturated heterocycles. The number of carbonyl (C=O) groups excluding carboxylic acids is 1. The van der Waals surface area contributed by atoms with Crippen molar-refractivity contribution in [2.75, 3.05) is 25.5 Å². The van der Waals surface area contributed by atoms with Crippen molar-refractivity contribution in [3.8, 4) is 11.5 Å². The maximum absolute atomic E-state index is 14.7. The number of alkyl halides is 4. The predicted octanol–water partition coefficient (Wildman–Crippen LogP) is 5.35. The zero-order chi connectivity index (χ0) is 27.0. The average molecular weight is 571 g/mol. The van der Waals surface area contributed by atoms with E-state index in [-0.39, 0.29) is 36.0 Å². The van der Waals surface area contributed by atoms with Crippen LogP contribution in [0.3, 0.4) is 0 Å². The van der Waals surface area contributed by atoms with E-state index < -0.39 is 30.8 Å². The molecule has 0 aliphatic carbocycles. The predicted molar refractivity (Wildman–Crippen MR) is 136 cm³/mol. The molecule has 1 aliphatic rings. The van der Waals surface area contributed by atoms with E-state index in [1.54, 1.807) is 29.6 Å². The topological polar surface area (TPSA) is 88.2 Å². The first-order valence-electron chi connectivity index (χ1n) is 11.7. The zero-order valence-corrected chi connectivity index (χ0v) is 21.6. The molecule has 1 fully saturated rings. The lowest BCUT2D eigenvalue weighted by molar-refractivity contribution is -0.139. The van der Waals surface area contributed by atoms with Gasteiger partial charge in [-0.1, -0.05) is 22.8 Å². The van der Waals surface area contributed by atoms with Gasteiger partial charge in [-0.25, -0.2) is 4.39 Å². The molecule has 4 aromatic rings. The van der Waals surface area contributed by atoms with Crippen molar-refractivity contribution in [2.45, 2.75) is 37.9 Å². The molecule has 8 nitrogen and oxygen atoms in total. The molecule has 4 heterocycles. The van der Waals surface area contributed by atoms with Crippen molar-refractivity contribution in [3.63, 3.8) is 0 Å². The van der Waals surface area contributed by atoms with Gasteiger partial charge in [0.2, 0.25) is 11.7 Å². The van der Waals surface area contributed by atoms with Gasteiger partial charge in [0.1, 0.15) is 17.1 Å². The van der Waals surface area contributed by atoms with Crippen molar-refractivity contribution in [1.82, 2.24) is 24.9 Å². The van der Waals surface area contributed by atoms with Gasteiger partial charge in [0.15, 0.2) is 0 Å². The van der Waals surface area contributed by atoms with Crippen LogP contribution in [0.4, 0.5) is 23.2 Å². The Bertz CT molecular complexity index is 1450. The first-order chi connectivity index (χ1) is 18.1. The Morgan fingerprint density at radius 3 is 2.84 bits per heavy atom. The van der Waals surface area contributed by atoms with Crippen LogP contribution in [0.2, 0.25) is 4.34 Å². The van der Waals surface area contributed by atoms with Gasteiger partial charge in [-0.15, -0.1) is 11.3 Å². The van der Waals surface area contributed by atoms with E-state index in [4.69, 9.17) is 16.1 Å². The van der Waals surface area contributed by atoms with Crippen molar-refractivity contribution in [2.24, 2.45) is 0 Å². The highest BCUT2D eigenvalue weighted by Gasteiger charge is 2.32. The number of benzene rings is 1. The molecule has 14 heteroatoms. The molecule has 1 aromatic carbocycles. The fourth-order valence-corrected chi connectivity index (χ4v) is 5.42. The van der Waals surface area contributed by atoms with E-state index in [2.05, 4.69) is 20.8 Å². The third-order valence-corrected chi connectivity index (χ3v) is 7.50. The molecule has 3 aromatic heterocycles. The average Bonchev–Trinajstić information content (AvgIpc) is 3.58. The smallest absolute Gasteiger partial charge is 0.379 e. The fourth-order valence-electron chi connectivity index (χ4n) is 4.50. The Morgan fingerprint density at radius 1 is 1.32 bits per heavy atom. The van der Waals surface area contributed by atoms with E-state index in [9.17, 15) is 22.4 Å². The molecule has 1 amide bonds. The molecule has 0 radical (unpaired) electrons. The zero-order valence-electron chi connectivity index (χ0n) is 20.1. The Balaban J connectivity index is 1.44. The van der Waals surface area contributed by atoms with Crippen molar-refractivity contribution in [1.29, 1.82) is 0 Å². The van der Waals surface area contributed by atoms with Gasteiger partial charge in [-0.2, -0.15) is 18.2 Å². The number of halogens is 5. The van der Waals surface area contributed by atoms with Gasteiger partial charge >= 0.3 is 6.18 Å². The molecular weight excluding hydrogens is 548 g/mol. The molecule has 202 valence electrons. The van der Waals surface area contributed by atoms with Gasteiger partial charge in [-0.3, -0.25) is 4.79 Å². The highest BCUT2D eigenvalue weighted by atomic mass is 35.5. The molecule has 38 heavy (non-hydrogen) atoms. The van der Waals surface area contributed by atoms with Gasteiger partial charge in [0.25, 0.3) is 5.91 Å². The second-order valence-corrected chi connectivity index (χ2v) is 10.6. The molecular formula is C24H23ClF4N6O2S. The number of piperidine rings is 1. The van der Waals surface area contributed by atoms with E-state index in [0.717, 1.165) is 4.57 Å². The molecule has 2 atom stereocenters. The molecule has 0 spiro atoms. The number of fused-ring (bicyclic) bond motifs is 1. The largest absolute Gasteiger partial charge is 0.406 e. The number of hydrogen-bond donors (Lipinski definition) is 2. The second kappa shape index (κ2) is 10.5. The quantitative estimate of drug-likeness (QED) is 0.291. The normalized spacial score (nSPS) is 18.7. The summed E-state index contributed by atoms with van der Waals surface area (Å²) in [5, 5.41) is 11.8. The number of aromatic nitrogens is 3. The lowest BCUT2D eigenvalue weighted by atomic mass is 10.0. The van der Waals surface area contributed by atoms with E-state index in [0.29, 0.717) is 33.9 Å².